The van der Waals surface area contributed by atoms with Crippen molar-refractivity contribution in [2.24, 2.45) is 0 Å². The predicted octanol–water partition coefficient (Wildman–Crippen LogP) is 1.05. The number of morpholine rings is 1. The molecule has 0 aromatic heterocycles. The van der Waals surface area contributed by atoms with Crippen molar-refractivity contribution in [2.75, 3.05) is 45.9 Å². The Morgan fingerprint density at radius 1 is 1.29 bits per heavy atom. The highest BCUT2D eigenvalue weighted by molar-refractivity contribution is 5.78. The third kappa shape index (κ3) is 4.12. The van der Waals surface area contributed by atoms with Crippen LogP contribution in [0.15, 0.2) is 24.3 Å². The average molecular weight is 336 g/mol. The van der Waals surface area contributed by atoms with E-state index in [1.807, 2.05) is 6.07 Å². The molecule has 5 nitrogen and oxygen atoms in total. The molecule has 1 amide bonds. The fraction of sp³-hybridized carbons (Fsp3) is 0.611. The summed E-state index contributed by atoms with van der Waals surface area (Å²) in [6.45, 7) is 3.46. The second kappa shape index (κ2) is 7.59. The first-order valence-corrected chi connectivity index (χ1v) is 8.60. The van der Waals surface area contributed by atoms with Gasteiger partial charge in [-0.3, -0.25) is 9.69 Å². The maximum Gasteiger partial charge on any atom is 0.236 e. The molecule has 1 unspecified atom stereocenters. The van der Waals surface area contributed by atoms with Crippen LogP contribution in [0.2, 0.25) is 0 Å². The Bertz CT molecular complexity index is 577. The second-order valence-corrected chi connectivity index (χ2v) is 6.79. The highest BCUT2D eigenvalue weighted by Gasteiger charge is 2.38. The first-order chi connectivity index (χ1) is 11.6. The van der Waals surface area contributed by atoms with Crippen LogP contribution in [-0.2, 0) is 16.0 Å². The third-order valence-electron chi connectivity index (χ3n) is 4.86. The van der Waals surface area contributed by atoms with Gasteiger partial charge in [0.15, 0.2) is 0 Å². The summed E-state index contributed by atoms with van der Waals surface area (Å²) >= 11 is 0. The molecule has 132 valence electrons. The number of aliphatic hydroxyl groups excluding tert-OH is 1. The van der Waals surface area contributed by atoms with Gasteiger partial charge in [-0.15, -0.1) is 0 Å². The SMILES string of the molecule is O=C(CN1CCCC1)N1CCOC(CO)(Cc2cccc(F)c2)C1. The molecular formula is C18H25FN2O3. The summed E-state index contributed by atoms with van der Waals surface area (Å²) in [6, 6.07) is 6.30. The van der Waals surface area contributed by atoms with Crippen molar-refractivity contribution in [2.45, 2.75) is 24.9 Å². The minimum Gasteiger partial charge on any atom is -0.393 e. The maximum atomic E-state index is 13.4. The normalized spacial score (nSPS) is 25.2. The van der Waals surface area contributed by atoms with E-state index in [9.17, 15) is 14.3 Å². The van der Waals surface area contributed by atoms with Crippen LogP contribution in [0.5, 0.6) is 0 Å². The summed E-state index contributed by atoms with van der Waals surface area (Å²) in [7, 11) is 0. The standard InChI is InChI=1S/C18H25FN2O3/c19-16-5-3-4-15(10-16)11-18(14-22)13-21(8-9-24-18)17(23)12-20-6-1-2-7-20/h3-5,10,22H,1-2,6-9,11-14H2. The van der Waals surface area contributed by atoms with Crippen LogP contribution in [0.1, 0.15) is 18.4 Å². The second-order valence-electron chi connectivity index (χ2n) is 6.79. The van der Waals surface area contributed by atoms with Crippen LogP contribution in [0.3, 0.4) is 0 Å². The molecule has 0 aliphatic carbocycles. The van der Waals surface area contributed by atoms with Crippen LogP contribution >= 0.6 is 0 Å². The molecule has 2 fully saturated rings. The van der Waals surface area contributed by atoms with Gasteiger partial charge in [-0.2, -0.15) is 0 Å². The van der Waals surface area contributed by atoms with Gasteiger partial charge < -0.3 is 14.7 Å². The molecule has 0 radical (unpaired) electrons. The summed E-state index contributed by atoms with van der Waals surface area (Å²) in [5, 5.41) is 9.89. The van der Waals surface area contributed by atoms with E-state index < -0.39 is 5.60 Å². The van der Waals surface area contributed by atoms with Gasteiger partial charge in [-0.25, -0.2) is 4.39 Å². The lowest BCUT2D eigenvalue weighted by molar-refractivity contribution is -0.158. The lowest BCUT2D eigenvalue weighted by Gasteiger charge is -2.42. The summed E-state index contributed by atoms with van der Waals surface area (Å²) in [5.41, 5.74) is -0.0925. The highest BCUT2D eigenvalue weighted by Crippen LogP contribution is 2.24. The smallest absolute Gasteiger partial charge is 0.236 e. The Balaban J connectivity index is 1.65. The van der Waals surface area contributed by atoms with E-state index in [0.717, 1.165) is 31.5 Å². The van der Waals surface area contributed by atoms with Crippen molar-refractivity contribution in [3.8, 4) is 0 Å². The van der Waals surface area contributed by atoms with E-state index in [2.05, 4.69) is 4.90 Å². The molecule has 0 bridgehead atoms. The summed E-state index contributed by atoms with van der Waals surface area (Å²) < 4.78 is 19.2. The molecule has 2 aliphatic heterocycles. The lowest BCUT2D eigenvalue weighted by atomic mass is 9.93. The molecule has 0 saturated carbocycles. The van der Waals surface area contributed by atoms with Gasteiger partial charge in [0, 0.05) is 13.0 Å². The number of hydrogen-bond acceptors (Lipinski definition) is 4. The van der Waals surface area contributed by atoms with Gasteiger partial charge in [0.05, 0.1) is 26.3 Å². The molecule has 6 heteroatoms. The molecule has 1 N–H and O–H groups in total. The molecule has 24 heavy (non-hydrogen) atoms. The quantitative estimate of drug-likeness (QED) is 0.873. The van der Waals surface area contributed by atoms with E-state index >= 15 is 0 Å². The Kier molecular flexibility index (Phi) is 5.48. The zero-order valence-electron chi connectivity index (χ0n) is 13.9. The molecule has 3 rings (SSSR count). The van der Waals surface area contributed by atoms with Crippen LogP contribution in [-0.4, -0.2) is 72.4 Å². The number of likely N-dealkylation sites (tertiary alicyclic amines) is 1. The van der Waals surface area contributed by atoms with Gasteiger partial charge in [0.2, 0.25) is 5.91 Å². The third-order valence-corrected chi connectivity index (χ3v) is 4.86. The number of nitrogens with zero attached hydrogens (tertiary/aromatic N) is 2. The van der Waals surface area contributed by atoms with Crippen molar-refractivity contribution in [1.82, 2.24) is 9.80 Å². The topological polar surface area (TPSA) is 53.0 Å². The van der Waals surface area contributed by atoms with Gasteiger partial charge in [0.1, 0.15) is 11.4 Å². The molecule has 0 spiro atoms. The van der Waals surface area contributed by atoms with Crippen LogP contribution in [0.4, 0.5) is 4.39 Å². The highest BCUT2D eigenvalue weighted by atomic mass is 19.1. The molecule has 2 heterocycles. The van der Waals surface area contributed by atoms with Crippen molar-refractivity contribution >= 4 is 5.91 Å². The first-order valence-electron chi connectivity index (χ1n) is 8.60. The largest absolute Gasteiger partial charge is 0.393 e. The van der Waals surface area contributed by atoms with Gasteiger partial charge in [-0.05, 0) is 43.6 Å². The monoisotopic (exact) mass is 336 g/mol. The Morgan fingerprint density at radius 3 is 2.79 bits per heavy atom. The van der Waals surface area contributed by atoms with E-state index in [0.29, 0.717) is 32.7 Å². The summed E-state index contributed by atoms with van der Waals surface area (Å²) in [6.07, 6.45) is 2.68. The van der Waals surface area contributed by atoms with E-state index in [4.69, 9.17) is 4.74 Å². The number of ether oxygens (including phenoxy) is 1. The Hall–Kier alpha value is -1.50. The number of amides is 1. The number of rotatable bonds is 5. The number of aliphatic hydroxyl groups is 1. The van der Waals surface area contributed by atoms with Gasteiger partial charge >= 0.3 is 0 Å². The number of carbonyl (C=O) groups excluding carboxylic acids is 1. The van der Waals surface area contributed by atoms with Crippen LogP contribution in [0, 0.1) is 5.82 Å². The molecule has 2 saturated heterocycles. The molecule has 2 aliphatic rings. The Morgan fingerprint density at radius 2 is 2.08 bits per heavy atom. The van der Waals surface area contributed by atoms with Crippen molar-refractivity contribution in [1.29, 1.82) is 0 Å². The zero-order valence-corrected chi connectivity index (χ0v) is 13.9. The van der Waals surface area contributed by atoms with Crippen molar-refractivity contribution in [3.63, 3.8) is 0 Å². The van der Waals surface area contributed by atoms with Crippen molar-refractivity contribution < 1.29 is 19.0 Å². The van der Waals surface area contributed by atoms with Gasteiger partial charge in [-0.1, -0.05) is 12.1 Å². The molecular weight excluding hydrogens is 311 g/mol. The van der Waals surface area contributed by atoms with Crippen LogP contribution in [0.25, 0.3) is 0 Å². The number of carbonyl (C=O) groups is 1. The lowest BCUT2D eigenvalue weighted by Crippen LogP contribution is -2.58. The maximum absolute atomic E-state index is 13.4. The van der Waals surface area contributed by atoms with Crippen LogP contribution < -0.4 is 0 Å². The average Bonchev–Trinajstić information content (AvgIpc) is 3.08. The number of halogens is 1. The van der Waals surface area contributed by atoms with Gasteiger partial charge in [0.25, 0.3) is 0 Å². The number of benzene rings is 1. The van der Waals surface area contributed by atoms with Crippen molar-refractivity contribution in [3.05, 3.63) is 35.6 Å². The fourth-order valence-electron chi connectivity index (χ4n) is 3.57. The van der Waals surface area contributed by atoms with E-state index in [-0.39, 0.29) is 18.3 Å². The number of hydrogen-bond donors (Lipinski definition) is 1. The minimum absolute atomic E-state index is 0.0808. The van der Waals surface area contributed by atoms with E-state index in [1.54, 1.807) is 11.0 Å². The predicted molar refractivity (Wildman–Crippen MR) is 88.1 cm³/mol. The molecule has 1 atom stereocenters. The first kappa shape index (κ1) is 17.3. The minimum atomic E-state index is -0.854. The summed E-state index contributed by atoms with van der Waals surface area (Å²) in [4.78, 5) is 16.5. The zero-order chi connectivity index (χ0) is 17.0. The van der Waals surface area contributed by atoms with E-state index in [1.165, 1.54) is 12.1 Å². The molecule has 1 aromatic rings. The summed E-state index contributed by atoms with van der Waals surface area (Å²) in [5.74, 6) is -0.226. The Labute approximate surface area is 142 Å². The molecule has 1 aromatic carbocycles. The fourth-order valence-corrected chi connectivity index (χ4v) is 3.57.